The lowest BCUT2D eigenvalue weighted by atomic mass is 9.78. The number of halogens is 1. The smallest absolute Gasteiger partial charge is 0.230 e. The summed E-state index contributed by atoms with van der Waals surface area (Å²) in [5.74, 6) is -0.280. The van der Waals surface area contributed by atoms with Gasteiger partial charge in [0, 0.05) is 26.2 Å². The Hall–Kier alpha value is -2.24. The third-order valence-corrected chi connectivity index (χ3v) is 6.23. The maximum absolute atomic E-state index is 13.8. The Bertz CT molecular complexity index is 821. The number of morpholine rings is 1. The second-order valence-electron chi connectivity index (χ2n) is 8.22. The van der Waals surface area contributed by atoms with Crippen molar-refractivity contribution in [3.05, 3.63) is 71.5 Å². The molecule has 2 aromatic rings. The lowest BCUT2D eigenvalue weighted by Crippen LogP contribution is -2.50. The van der Waals surface area contributed by atoms with E-state index in [0.29, 0.717) is 13.2 Å². The van der Waals surface area contributed by atoms with E-state index in [0.717, 1.165) is 50.9 Å². The van der Waals surface area contributed by atoms with Gasteiger partial charge in [-0.1, -0.05) is 55.3 Å². The lowest BCUT2D eigenvalue weighted by molar-refractivity contribution is -0.127. The topological polar surface area (TPSA) is 41.6 Å². The molecule has 1 amide bonds. The standard InChI is InChI=1S/C24H29FN2O2/c25-21-10-6-9-20(15-21)24(11-4-5-12-24)23(28)26-16-22-18-27(13-14-29-22)17-19-7-2-1-3-8-19/h1-3,6-10,15,22H,4-5,11-14,16-18H2,(H,26,28). The van der Waals surface area contributed by atoms with Crippen LogP contribution in [-0.2, 0) is 21.5 Å². The molecule has 0 spiro atoms. The molecule has 4 nitrogen and oxygen atoms in total. The quantitative estimate of drug-likeness (QED) is 0.810. The van der Waals surface area contributed by atoms with Crippen molar-refractivity contribution in [2.75, 3.05) is 26.2 Å². The lowest BCUT2D eigenvalue weighted by Gasteiger charge is -2.34. The first kappa shape index (κ1) is 20.0. The van der Waals surface area contributed by atoms with Crippen molar-refractivity contribution in [2.45, 2.75) is 43.7 Å². The first-order valence-electron chi connectivity index (χ1n) is 10.6. The van der Waals surface area contributed by atoms with Gasteiger partial charge in [0.15, 0.2) is 0 Å². The highest BCUT2D eigenvalue weighted by atomic mass is 19.1. The zero-order valence-electron chi connectivity index (χ0n) is 16.8. The van der Waals surface area contributed by atoms with Crippen LogP contribution in [0, 0.1) is 5.82 Å². The summed E-state index contributed by atoms with van der Waals surface area (Å²) in [5, 5.41) is 3.12. The first-order valence-corrected chi connectivity index (χ1v) is 10.6. The van der Waals surface area contributed by atoms with E-state index in [9.17, 15) is 9.18 Å². The van der Waals surface area contributed by atoms with Crippen LogP contribution < -0.4 is 5.32 Å². The summed E-state index contributed by atoms with van der Waals surface area (Å²) in [6.07, 6.45) is 3.51. The Labute approximate surface area is 172 Å². The average molecular weight is 397 g/mol. The first-order chi connectivity index (χ1) is 14.2. The van der Waals surface area contributed by atoms with E-state index in [2.05, 4.69) is 34.5 Å². The van der Waals surface area contributed by atoms with Gasteiger partial charge in [-0.2, -0.15) is 0 Å². The number of hydrogen-bond acceptors (Lipinski definition) is 3. The van der Waals surface area contributed by atoms with E-state index in [-0.39, 0.29) is 17.8 Å². The van der Waals surface area contributed by atoms with Crippen molar-refractivity contribution in [3.8, 4) is 0 Å². The molecular weight excluding hydrogens is 367 g/mol. The molecule has 1 atom stereocenters. The van der Waals surface area contributed by atoms with Gasteiger partial charge in [-0.3, -0.25) is 9.69 Å². The van der Waals surface area contributed by atoms with E-state index in [1.807, 2.05) is 12.1 Å². The number of carbonyl (C=O) groups is 1. The Morgan fingerprint density at radius 1 is 1.14 bits per heavy atom. The minimum atomic E-state index is -0.611. The second kappa shape index (κ2) is 9.06. The van der Waals surface area contributed by atoms with Gasteiger partial charge in [0.2, 0.25) is 5.91 Å². The summed E-state index contributed by atoms with van der Waals surface area (Å²) in [4.78, 5) is 15.6. The molecule has 2 fully saturated rings. The molecule has 4 rings (SSSR count). The summed E-state index contributed by atoms with van der Waals surface area (Å²) in [6, 6.07) is 16.9. The van der Waals surface area contributed by atoms with Gasteiger partial charge in [0.25, 0.3) is 0 Å². The van der Waals surface area contributed by atoms with E-state index in [1.54, 1.807) is 6.07 Å². The van der Waals surface area contributed by atoms with Crippen LogP contribution in [0.2, 0.25) is 0 Å². The fourth-order valence-electron chi connectivity index (χ4n) is 4.68. The van der Waals surface area contributed by atoms with E-state index >= 15 is 0 Å². The number of ether oxygens (including phenoxy) is 1. The highest BCUT2D eigenvalue weighted by Gasteiger charge is 2.43. The highest BCUT2D eigenvalue weighted by Crippen LogP contribution is 2.41. The van der Waals surface area contributed by atoms with E-state index in [1.165, 1.54) is 17.7 Å². The van der Waals surface area contributed by atoms with Crippen LogP contribution >= 0.6 is 0 Å². The fourth-order valence-corrected chi connectivity index (χ4v) is 4.68. The Balaban J connectivity index is 1.36. The predicted molar refractivity (Wildman–Crippen MR) is 111 cm³/mol. The monoisotopic (exact) mass is 396 g/mol. The number of rotatable bonds is 6. The normalized spacial score (nSPS) is 21.8. The van der Waals surface area contributed by atoms with Gasteiger partial charge in [0.1, 0.15) is 5.82 Å². The number of carbonyl (C=O) groups excluding carboxylic acids is 1. The molecule has 29 heavy (non-hydrogen) atoms. The van der Waals surface area contributed by atoms with Gasteiger partial charge in [-0.15, -0.1) is 0 Å². The predicted octanol–water partition coefficient (Wildman–Crippen LogP) is 3.65. The van der Waals surface area contributed by atoms with Gasteiger partial charge in [-0.25, -0.2) is 4.39 Å². The minimum Gasteiger partial charge on any atom is -0.374 e. The highest BCUT2D eigenvalue weighted by molar-refractivity contribution is 5.88. The van der Waals surface area contributed by atoms with Crippen LogP contribution in [0.4, 0.5) is 4.39 Å². The third kappa shape index (κ3) is 4.68. The zero-order chi connectivity index (χ0) is 20.1. The molecule has 2 aromatic carbocycles. The number of nitrogens with one attached hydrogen (secondary N) is 1. The Morgan fingerprint density at radius 2 is 1.93 bits per heavy atom. The summed E-state index contributed by atoms with van der Waals surface area (Å²) in [5.41, 5.74) is 1.47. The molecule has 1 saturated carbocycles. The third-order valence-electron chi connectivity index (χ3n) is 6.23. The molecule has 2 aliphatic rings. The molecule has 1 N–H and O–H groups in total. The van der Waals surface area contributed by atoms with Crippen molar-refractivity contribution >= 4 is 5.91 Å². The molecule has 1 saturated heterocycles. The van der Waals surface area contributed by atoms with Gasteiger partial charge < -0.3 is 10.1 Å². The molecule has 1 aliphatic heterocycles. The summed E-state index contributed by atoms with van der Waals surface area (Å²) < 4.78 is 19.7. The van der Waals surface area contributed by atoms with E-state index < -0.39 is 5.41 Å². The number of hydrogen-bond donors (Lipinski definition) is 1. The van der Waals surface area contributed by atoms with Crippen molar-refractivity contribution in [1.82, 2.24) is 10.2 Å². The molecule has 0 radical (unpaired) electrons. The SMILES string of the molecule is O=C(NCC1CN(Cc2ccccc2)CCO1)C1(c2cccc(F)c2)CCCC1. The molecule has 0 bridgehead atoms. The zero-order valence-corrected chi connectivity index (χ0v) is 16.8. The second-order valence-corrected chi connectivity index (χ2v) is 8.22. The molecule has 1 aliphatic carbocycles. The van der Waals surface area contributed by atoms with Crippen LogP contribution in [0.1, 0.15) is 36.8 Å². The van der Waals surface area contributed by atoms with Crippen LogP contribution in [0.5, 0.6) is 0 Å². The molecular formula is C24H29FN2O2. The molecule has 1 heterocycles. The largest absolute Gasteiger partial charge is 0.374 e. The van der Waals surface area contributed by atoms with Gasteiger partial charge >= 0.3 is 0 Å². The number of nitrogens with zero attached hydrogens (tertiary/aromatic N) is 1. The average Bonchev–Trinajstić information content (AvgIpc) is 3.24. The maximum Gasteiger partial charge on any atom is 0.230 e. The summed E-state index contributed by atoms with van der Waals surface area (Å²) >= 11 is 0. The Morgan fingerprint density at radius 3 is 2.69 bits per heavy atom. The van der Waals surface area contributed by atoms with Gasteiger partial charge in [-0.05, 0) is 36.1 Å². The van der Waals surface area contributed by atoms with Gasteiger partial charge in [0.05, 0.1) is 18.1 Å². The number of amides is 1. The van der Waals surface area contributed by atoms with Crippen molar-refractivity contribution in [3.63, 3.8) is 0 Å². The molecule has 1 unspecified atom stereocenters. The van der Waals surface area contributed by atoms with Crippen molar-refractivity contribution in [1.29, 1.82) is 0 Å². The minimum absolute atomic E-state index is 0.00406. The Kier molecular flexibility index (Phi) is 6.26. The fraction of sp³-hybridized carbons (Fsp3) is 0.458. The van der Waals surface area contributed by atoms with Crippen LogP contribution in [0.15, 0.2) is 54.6 Å². The molecule has 154 valence electrons. The molecule has 5 heteroatoms. The van der Waals surface area contributed by atoms with Crippen molar-refractivity contribution < 1.29 is 13.9 Å². The van der Waals surface area contributed by atoms with E-state index in [4.69, 9.17) is 4.74 Å². The van der Waals surface area contributed by atoms with Crippen molar-refractivity contribution in [2.24, 2.45) is 0 Å². The number of benzene rings is 2. The van der Waals surface area contributed by atoms with Crippen LogP contribution in [-0.4, -0.2) is 43.2 Å². The molecule has 0 aromatic heterocycles. The summed E-state index contributed by atoms with van der Waals surface area (Å²) in [6.45, 7) is 3.74. The summed E-state index contributed by atoms with van der Waals surface area (Å²) in [7, 11) is 0. The maximum atomic E-state index is 13.8. The van der Waals surface area contributed by atoms with Crippen LogP contribution in [0.3, 0.4) is 0 Å². The van der Waals surface area contributed by atoms with Crippen LogP contribution in [0.25, 0.3) is 0 Å².